The number of aromatic nitrogens is 2. The quantitative estimate of drug-likeness (QED) is 0.801. The summed E-state index contributed by atoms with van der Waals surface area (Å²) in [6.07, 6.45) is 3.25. The Morgan fingerprint density at radius 3 is 2.57 bits per heavy atom. The second-order valence-electron chi connectivity index (χ2n) is 4.86. The van der Waals surface area contributed by atoms with Gasteiger partial charge < -0.3 is 10.1 Å². The first-order chi connectivity index (χ1) is 10.2. The van der Waals surface area contributed by atoms with E-state index in [2.05, 4.69) is 4.98 Å². The highest BCUT2D eigenvalue weighted by atomic mass is 19.1. The highest BCUT2D eigenvalue weighted by Crippen LogP contribution is 2.26. The highest BCUT2D eigenvalue weighted by Gasteiger charge is 2.15. The molecule has 0 bridgehead atoms. The molecule has 0 fully saturated rings. The van der Waals surface area contributed by atoms with Gasteiger partial charge in [0.05, 0.1) is 11.4 Å². The Morgan fingerprint density at radius 2 is 1.86 bits per heavy atom. The molecule has 1 aromatic carbocycles. The highest BCUT2D eigenvalue weighted by molar-refractivity contribution is 5.66. The van der Waals surface area contributed by atoms with Gasteiger partial charge in [-0.25, -0.2) is 13.8 Å². The van der Waals surface area contributed by atoms with Crippen LogP contribution in [0.15, 0.2) is 42.6 Å². The number of halogens is 2. The minimum atomic E-state index is -0.375. The Morgan fingerprint density at radius 1 is 1.10 bits per heavy atom. The van der Waals surface area contributed by atoms with E-state index in [4.69, 9.17) is 5.73 Å². The van der Waals surface area contributed by atoms with Crippen molar-refractivity contribution in [2.45, 2.75) is 12.8 Å². The summed E-state index contributed by atoms with van der Waals surface area (Å²) in [6.45, 7) is 0.547. The van der Waals surface area contributed by atoms with Crippen molar-refractivity contribution >= 4 is 5.65 Å². The minimum absolute atomic E-state index is 0.281. The third-order valence-corrected chi connectivity index (χ3v) is 3.44. The maximum absolute atomic E-state index is 13.9. The van der Waals surface area contributed by atoms with E-state index in [1.165, 1.54) is 18.2 Å². The van der Waals surface area contributed by atoms with Crippen molar-refractivity contribution in [3.8, 4) is 11.3 Å². The molecule has 3 nitrogen and oxygen atoms in total. The summed E-state index contributed by atoms with van der Waals surface area (Å²) in [7, 11) is 0. The average molecular weight is 287 g/mol. The van der Waals surface area contributed by atoms with Gasteiger partial charge in [0.15, 0.2) is 11.5 Å². The van der Waals surface area contributed by atoms with Gasteiger partial charge in [0.1, 0.15) is 5.82 Å². The van der Waals surface area contributed by atoms with Gasteiger partial charge in [0.25, 0.3) is 0 Å². The predicted molar refractivity (Wildman–Crippen MR) is 77.9 cm³/mol. The lowest BCUT2D eigenvalue weighted by molar-refractivity contribution is 0.628. The number of hydrogen-bond acceptors (Lipinski definition) is 2. The molecular formula is C16H15F2N3. The number of rotatable bonds is 4. The molecule has 0 saturated heterocycles. The molecule has 0 aliphatic carbocycles. The molecule has 0 atom stereocenters. The SMILES string of the molecule is NCCCc1c(-c2ccc(F)cc2)nc2c(F)cccn12. The third-order valence-electron chi connectivity index (χ3n) is 3.44. The Kier molecular flexibility index (Phi) is 3.66. The lowest BCUT2D eigenvalue weighted by Crippen LogP contribution is -2.03. The van der Waals surface area contributed by atoms with Crippen LogP contribution in [0.3, 0.4) is 0 Å². The summed E-state index contributed by atoms with van der Waals surface area (Å²) >= 11 is 0. The number of imidazole rings is 1. The van der Waals surface area contributed by atoms with Crippen molar-refractivity contribution in [1.29, 1.82) is 0 Å². The number of aryl methyl sites for hydroxylation is 1. The second kappa shape index (κ2) is 5.61. The molecule has 0 saturated carbocycles. The first kappa shape index (κ1) is 13.7. The normalized spacial score (nSPS) is 11.2. The van der Waals surface area contributed by atoms with Crippen molar-refractivity contribution in [3.63, 3.8) is 0 Å². The first-order valence-corrected chi connectivity index (χ1v) is 6.82. The van der Waals surface area contributed by atoms with E-state index in [1.807, 2.05) is 0 Å². The molecule has 2 aromatic heterocycles. The molecule has 0 unspecified atom stereocenters. The van der Waals surface area contributed by atoms with E-state index >= 15 is 0 Å². The topological polar surface area (TPSA) is 43.3 Å². The van der Waals surface area contributed by atoms with Crippen LogP contribution in [0, 0.1) is 11.6 Å². The van der Waals surface area contributed by atoms with Crippen molar-refractivity contribution < 1.29 is 8.78 Å². The Labute approximate surface area is 121 Å². The second-order valence-corrected chi connectivity index (χ2v) is 4.86. The molecule has 0 spiro atoms. The predicted octanol–water partition coefficient (Wildman–Crippen LogP) is 3.17. The van der Waals surface area contributed by atoms with Gasteiger partial charge in [-0.15, -0.1) is 0 Å². The summed E-state index contributed by atoms with van der Waals surface area (Å²) in [5.41, 5.74) is 8.19. The Hall–Kier alpha value is -2.27. The van der Waals surface area contributed by atoms with Crippen LogP contribution in [0.5, 0.6) is 0 Å². The van der Waals surface area contributed by atoms with Crippen LogP contribution in [0.2, 0.25) is 0 Å². The smallest absolute Gasteiger partial charge is 0.173 e. The van der Waals surface area contributed by atoms with Crippen molar-refractivity contribution in [2.24, 2.45) is 5.73 Å². The summed E-state index contributed by atoms with van der Waals surface area (Å²) in [4.78, 5) is 4.39. The number of nitrogens with two attached hydrogens (primary N) is 1. The van der Waals surface area contributed by atoms with Crippen LogP contribution in [0.1, 0.15) is 12.1 Å². The van der Waals surface area contributed by atoms with E-state index in [0.717, 1.165) is 17.7 Å². The van der Waals surface area contributed by atoms with Gasteiger partial charge >= 0.3 is 0 Å². The maximum atomic E-state index is 13.9. The van der Waals surface area contributed by atoms with Gasteiger partial charge in [0, 0.05) is 11.8 Å². The van der Waals surface area contributed by atoms with Crippen LogP contribution in [-0.4, -0.2) is 15.9 Å². The standard InChI is InChI=1S/C16H15F2N3/c17-12-7-5-11(6-8-12)15-14(4-1-9-19)21-10-2-3-13(18)16(21)20-15/h2-3,5-8,10H,1,4,9,19H2. The minimum Gasteiger partial charge on any atom is -0.330 e. The lowest BCUT2D eigenvalue weighted by Gasteiger charge is -2.04. The van der Waals surface area contributed by atoms with E-state index in [1.54, 1.807) is 28.8 Å². The molecule has 0 aliphatic heterocycles. The summed E-state index contributed by atoms with van der Waals surface area (Å²) in [5.74, 6) is -0.683. The van der Waals surface area contributed by atoms with Gasteiger partial charge in [-0.2, -0.15) is 0 Å². The molecule has 5 heteroatoms. The zero-order valence-electron chi connectivity index (χ0n) is 11.4. The molecule has 3 rings (SSSR count). The van der Waals surface area contributed by atoms with Crippen LogP contribution >= 0.6 is 0 Å². The first-order valence-electron chi connectivity index (χ1n) is 6.82. The molecule has 0 amide bonds. The fourth-order valence-corrected chi connectivity index (χ4v) is 2.43. The molecule has 2 N–H and O–H groups in total. The van der Waals surface area contributed by atoms with Crippen LogP contribution in [0.25, 0.3) is 16.9 Å². The molecule has 2 heterocycles. The lowest BCUT2D eigenvalue weighted by atomic mass is 10.1. The summed E-state index contributed by atoms with van der Waals surface area (Å²) < 4.78 is 28.7. The molecule has 0 radical (unpaired) electrons. The fourth-order valence-electron chi connectivity index (χ4n) is 2.43. The largest absolute Gasteiger partial charge is 0.330 e. The van der Waals surface area contributed by atoms with E-state index in [9.17, 15) is 8.78 Å². The number of benzene rings is 1. The fraction of sp³-hybridized carbons (Fsp3) is 0.188. The monoisotopic (exact) mass is 287 g/mol. The van der Waals surface area contributed by atoms with Gasteiger partial charge in [0.2, 0.25) is 0 Å². The third kappa shape index (κ3) is 2.52. The van der Waals surface area contributed by atoms with Crippen LogP contribution in [0.4, 0.5) is 8.78 Å². The number of fused-ring (bicyclic) bond motifs is 1. The molecule has 21 heavy (non-hydrogen) atoms. The summed E-state index contributed by atoms with van der Waals surface area (Å²) in [5, 5.41) is 0. The summed E-state index contributed by atoms with van der Waals surface area (Å²) in [6, 6.07) is 9.08. The van der Waals surface area contributed by atoms with E-state index < -0.39 is 0 Å². The van der Waals surface area contributed by atoms with Crippen molar-refractivity contribution in [1.82, 2.24) is 9.38 Å². The van der Waals surface area contributed by atoms with Gasteiger partial charge in [-0.1, -0.05) is 0 Å². The van der Waals surface area contributed by atoms with Gasteiger partial charge in [-0.3, -0.25) is 0 Å². The number of pyridine rings is 1. The number of hydrogen-bond donors (Lipinski definition) is 1. The maximum Gasteiger partial charge on any atom is 0.173 e. The molecule has 0 aliphatic rings. The molecule has 3 aromatic rings. The zero-order chi connectivity index (χ0) is 14.8. The van der Waals surface area contributed by atoms with Crippen molar-refractivity contribution in [3.05, 3.63) is 59.9 Å². The Balaban J connectivity index is 2.20. The zero-order valence-corrected chi connectivity index (χ0v) is 11.4. The van der Waals surface area contributed by atoms with Crippen molar-refractivity contribution in [2.75, 3.05) is 6.54 Å². The molecule has 108 valence electrons. The Bertz CT molecular complexity index is 763. The average Bonchev–Trinajstić information content (AvgIpc) is 2.86. The number of nitrogens with zero attached hydrogens (tertiary/aromatic N) is 2. The molecular weight excluding hydrogens is 272 g/mol. The van der Waals surface area contributed by atoms with Crippen LogP contribution in [-0.2, 0) is 6.42 Å². The van der Waals surface area contributed by atoms with E-state index in [-0.39, 0.29) is 17.3 Å². The van der Waals surface area contributed by atoms with Crippen LogP contribution < -0.4 is 5.73 Å². The van der Waals surface area contributed by atoms with E-state index in [0.29, 0.717) is 18.7 Å². The van der Waals surface area contributed by atoms with Gasteiger partial charge in [-0.05, 0) is 55.8 Å².